The van der Waals surface area contributed by atoms with Crippen molar-refractivity contribution < 1.29 is 5.11 Å². The Labute approximate surface area is 74.4 Å². The molecule has 2 saturated carbocycles. The molecule has 2 nitrogen and oxygen atoms in total. The van der Waals surface area contributed by atoms with E-state index in [0.717, 1.165) is 12.5 Å². The molecule has 0 saturated heterocycles. The topological polar surface area (TPSA) is 32.3 Å². The van der Waals surface area contributed by atoms with Gasteiger partial charge in [0.25, 0.3) is 0 Å². The van der Waals surface area contributed by atoms with E-state index in [4.69, 9.17) is 0 Å². The normalized spacial score (nSPS) is 37.8. The molecular weight excluding hydrogens is 150 g/mol. The lowest BCUT2D eigenvalue weighted by Crippen LogP contribution is -2.49. The van der Waals surface area contributed by atoms with Crippen LogP contribution in [0.3, 0.4) is 0 Å². The minimum atomic E-state index is -0.0700. The first-order chi connectivity index (χ1) is 5.86. The summed E-state index contributed by atoms with van der Waals surface area (Å²) < 4.78 is 0. The zero-order valence-electron chi connectivity index (χ0n) is 7.63. The standard InChI is InChI=1S/C10H19NO/c12-10-7-2-1-6-9(10)11-8-4-3-5-8/h8-12H,1-7H2/t9-,10-/m1/s1. The maximum atomic E-state index is 9.67. The van der Waals surface area contributed by atoms with Gasteiger partial charge in [0.2, 0.25) is 0 Å². The van der Waals surface area contributed by atoms with Gasteiger partial charge in [-0.15, -0.1) is 0 Å². The first-order valence-electron chi connectivity index (χ1n) is 5.30. The summed E-state index contributed by atoms with van der Waals surface area (Å²) in [7, 11) is 0. The Morgan fingerprint density at radius 3 is 2.25 bits per heavy atom. The molecule has 0 aromatic rings. The number of aliphatic hydroxyl groups is 1. The fraction of sp³-hybridized carbons (Fsp3) is 1.00. The van der Waals surface area contributed by atoms with Crippen LogP contribution in [0.25, 0.3) is 0 Å². The molecule has 0 aromatic heterocycles. The van der Waals surface area contributed by atoms with Gasteiger partial charge in [-0.25, -0.2) is 0 Å². The summed E-state index contributed by atoms with van der Waals surface area (Å²) in [6.45, 7) is 0. The summed E-state index contributed by atoms with van der Waals surface area (Å²) in [5, 5.41) is 13.2. The smallest absolute Gasteiger partial charge is 0.0693 e. The van der Waals surface area contributed by atoms with E-state index in [0.29, 0.717) is 6.04 Å². The highest BCUT2D eigenvalue weighted by Crippen LogP contribution is 2.23. The van der Waals surface area contributed by atoms with Crippen LogP contribution in [0.2, 0.25) is 0 Å². The molecule has 0 aliphatic heterocycles. The maximum absolute atomic E-state index is 9.67. The van der Waals surface area contributed by atoms with E-state index in [-0.39, 0.29) is 6.10 Å². The van der Waals surface area contributed by atoms with Crippen molar-refractivity contribution in [1.82, 2.24) is 5.32 Å². The van der Waals surface area contributed by atoms with Gasteiger partial charge in [0, 0.05) is 12.1 Å². The van der Waals surface area contributed by atoms with Crippen LogP contribution >= 0.6 is 0 Å². The third-order valence-corrected chi connectivity index (χ3v) is 3.28. The van der Waals surface area contributed by atoms with Crippen LogP contribution in [0.1, 0.15) is 44.9 Å². The minimum absolute atomic E-state index is 0.0700. The van der Waals surface area contributed by atoms with Gasteiger partial charge in [-0.3, -0.25) is 0 Å². The second-order valence-corrected chi connectivity index (χ2v) is 4.25. The minimum Gasteiger partial charge on any atom is -0.392 e. The van der Waals surface area contributed by atoms with Gasteiger partial charge in [0.05, 0.1) is 6.10 Å². The van der Waals surface area contributed by atoms with Crippen LogP contribution in [-0.4, -0.2) is 23.3 Å². The Morgan fingerprint density at radius 1 is 0.917 bits per heavy atom. The highest BCUT2D eigenvalue weighted by molar-refractivity contribution is 4.86. The summed E-state index contributed by atoms with van der Waals surface area (Å²) in [6, 6.07) is 1.13. The van der Waals surface area contributed by atoms with Gasteiger partial charge in [-0.05, 0) is 25.7 Å². The van der Waals surface area contributed by atoms with Gasteiger partial charge in [0.1, 0.15) is 0 Å². The first kappa shape index (κ1) is 8.52. The molecule has 2 rings (SSSR count). The summed E-state index contributed by atoms with van der Waals surface area (Å²) in [5.41, 5.74) is 0. The lowest BCUT2D eigenvalue weighted by Gasteiger charge is -2.36. The molecule has 0 aromatic carbocycles. The van der Waals surface area contributed by atoms with Crippen molar-refractivity contribution in [2.75, 3.05) is 0 Å². The van der Waals surface area contributed by atoms with E-state index >= 15 is 0 Å². The summed E-state index contributed by atoms with van der Waals surface area (Å²) in [5.74, 6) is 0. The molecular formula is C10H19NO. The van der Waals surface area contributed by atoms with E-state index < -0.39 is 0 Å². The van der Waals surface area contributed by atoms with E-state index in [9.17, 15) is 5.11 Å². The van der Waals surface area contributed by atoms with Crippen molar-refractivity contribution in [2.24, 2.45) is 0 Å². The Bertz CT molecular complexity index is 145. The molecule has 2 N–H and O–H groups in total. The summed E-state index contributed by atoms with van der Waals surface area (Å²) in [6.07, 6.45) is 8.64. The molecule has 2 heteroatoms. The number of hydrogen-bond acceptors (Lipinski definition) is 2. The summed E-state index contributed by atoms with van der Waals surface area (Å²) >= 11 is 0. The quantitative estimate of drug-likeness (QED) is 0.655. The predicted octanol–water partition coefficient (Wildman–Crippen LogP) is 1.43. The van der Waals surface area contributed by atoms with Crippen molar-refractivity contribution in [3.8, 4) is 0 Å². The van der Waals surface area contributed by atoms with Crippen LogP contribution in [0, 0.1) is 0 Å². The molecule has 0 heterocycles. The molecule has 0 unspecified atom stereocenters. The number of hydrogen-bond donors (Lipinski definition) is 2. The molecule has 0 bridgehead atoms. The number of aliphatic hydroxyl groups excluding tert-OH is 1. The molecule has 0 spiro atoms. The monoisotopic (exact) mass is 169 g/mol. The van der Waals surface area contributed by atoms with Crippen LogP contribution in [0.15, 0.2) is 0 Å². The van der Waals surface area contributed by atoms with Crippen molar-refractivity contribution in [2.45, 2.75) is 63.1 Å². The molecule has 2 aliphatic carbocycles. The number of rotatable bonds is 2. The molecule has 12 heavy (non-hydrogen) atoms. The third kappa shape index (κ3) is 1.80. The van der Waals surface area contributed by atoms with Crippen LogP contribution < -0.4 is 5.32 Å². The third-order valence-electron chi connectivity index (χ3n) is 3.28. The summed E-state index contributed by atoms with van der Waals surface area (Å²) in [4.78, 5) is 0. The van der Waals surface area contributed by atoms with Gasteiger partial charge < -0.3 is 10.4 Å². The zero-order chi connectivity index (χ0) is 8.39. The molecule has 2 fully saturated rings. The Balaban J connectivity index is 1.76. The van der Waals surface area contributed by atoms with E-state index in [1.165, 1.54) is 38.5 Å². The molecule has 0 radical (unpaired) electrons. The second kappa shape index (κ2) is 3.75. The predicted molar refractivity (Wildman–Crippen MR) is 49.0 cm³/mol. The van der Waals surface area contributed by atoms with E-state index in [2.05, 4.69) is 5.32 Å². The van der Waals surface area contributed by atoms with Crippen molar-refractivity contribution >= 4 is 0 Å². The lowest BCUT2D eigenvalue weighted by atomic mass is 9.88. The fourth-order valence-corrected chi connectivity index (χ4v) is 2.18. The second-order valence-electron chi connectivity index (χ2n) is 4.25. The highest BCUT2D eigenvalue weighted by atomic mass is 16.3. The Hall–Kier alpha value is -0.0800. The fourth-order valence-electron chi connectivity index (χ4n) is 2.18. The molecule has 2 atom stereocenters. The Morgan fingerprint density at radius 2 is 1.67 bits per heavy atom. The average molecular weight is 169 g/mol. The SMILES string of the molecule is O[C@@H]1CCCC[C@H]1NC1CCC1. The van der Waals surface area contributed by atoms with Crippen LogP contribution in [0.4, 0.5) is 0 Å². The van der Waals surface area contributed by atoms with E-state index in [1.807, 2.05) is 0 Å². The Kier molecular flexibility index (Phi) is 2.66. The maximum Gasteiger partial charge on any atom is 0.0693 e. The lowest BCUT2D eigenvalue weighted by molar-refractivity contribution is 0.0778. The van der Waals surface area contributed by atoms with Crippen molar-refractivity contribution in [3.05, 3.63) is 0 Å². The van der Waals surface area contributed by atoms with Gasteiger partial charge in [0.15, 0.2) is 0 Å². The van der Waals surface area contributed by atoms with Crippen molar-refractivity contribution in [1.29, 1.82) is 0 Å². The van der Waals surface area contributed by atoms with Crippen molar-refractivity contribution in [3.63, 3.8) is 0 Å². The van der Waals surface area contributed by atoms with Crippen LogP contribution in [0.5, 0.6) is 0 Å². The largest absolute Gasteiger partial charge is 0.392 e. The molecule has 0 amide bonds. The zero-order valence-corrected chi connectivity index (χ0v) is 7.63. The van der Waals surface area contributed by atoms with Gasteiger partial charge in [-0.2, -0.15) is 0 Å². The molecule has 2 aliphatic rings. The van der Waals surface area contributed by atoms with Gasteiger partial charge >= 0.3 is 0 Å². The average Bonchev–Trinajstić information content (AvgIpc) is 2.00. The highest BCUT2D eigenvalue weighted by Gasteiger charge is 2.27. The first-order valence-corrected chi connectivity index (χ1v) is 5.30. The van der Waals surface area contributed by atoms with E-state index in [1.54, 1.807) is 0 Å². The van der Waals surface area contributed by atoms with Crippen LogP contribution in [-0.2, 0) is 0 Å². The molecule has 70 valence electrons. The number of nitrogens with one attached hydrogen (secondary N) is 1. The van der Waals surface area contributed by atoms with Gasteiger partial charge in [-0.1, -0.05) is 19.3 Å².